The van der Waals surface area contributed by atoms with E-state index in [1.807, 2.05) is 32.2 Å². The minimum absolute atomic E-state index is 0.0648. The van der Waals surface area contributed by atoms with Gasteiger partial charge in [-0.2, -0.15) is 0 Å². The van der Waals surface area contributed by atoms with Gasteiger partial charge in [0.1, 0.15) is 0 Å². The number of likely N-dealkylation sites (N-methyl/N-ethyl adjacent to an activating group) is 1. The molecule has 1 N–H and O–H groups in total. The van der Waals surface area contributed by atoms with Crippen LogP contribution in [0.2, 0.25) is 0 Å². The lowest BCUT2D eigenvalue weighted by atomic mass is 10.1. The number of benzene rings is 1. The van der Waals surface area contributed by atoms with E-state index in [1.165, 1.54) is 5.56 Å². The number of carboxylic acid groups (broad SMARTS) is 1. The SMILES string of the molecule is CC(CC(=O)O)N(C)CCc1ccccc1Br. The summed E-state index contributed by atoms with van der Waals surface area (Å²) in [6, 6.07) is 8.18. The van der Waals surface area contributed by atoms with Crippen LogP contribution in [0.15, 0.2) is 28.7 Å². The fourth-order valence-corrected chi connectivity index (χ4v) is 2.11. The topological polar surface area (TPSA) is 40.5 Å². The first kappa shape index (κ1) is 14.2. The average molecular weight is 300 g/mol. The molecule has 1 atom stereocenters. The van der Waals surface area contributed by atoms with E-state index < -0.39 is 5.97 Å². The number of hydrogen-bond acceptors (Lipinski definition) is 2. The third-order valence-corrected chi connectivity index (χ3v) is 3.69. The van der Waals surface area contributed by atoms with Crippen LogP contribution in [0.5, 0.6) is 0 Å². The molecule has 17 heavy (non-hydrogen) atoms. The first-order valence-corrected chi connectivity index (χ1v) is 6.45. The zero-order chi connectivity index (χ0) is 12.8. The molecule has 4 heteroatoms. The van der Waals surface area contributed by atoms with Gasteiger partial charge in [0, 0.05) is 17.1 Å². The number of halogens is 1. The molecule has 0 saturated carbocycles. The third-order valence-electron chi connectivity index (χ3n) is 2.91. The van der Waals surface area contributed by atoms with Crippen molar-refractivity contribution in [1.29, 1.82) is 0 Å². The van der Waals surface area contributed by atoms with Crippen LogP contribution in [-0.2, 0) is 11.2 Å². The van der Waals surface area contributed by atoms with Crippen molar-refractivity contribution in [3.8, 4) is 0 Å². The Kier molecular flexibility index (Phi) is 5.65. The van der Waals surface area contributed by atoms with E-state index in [9.17, 15) is 4.79 Å². The Labute approximate surface area is 111 Å². The highest BCUT2D eigenvalue weighted by atomic mass is 79.9. The van der Waals surface area contributed by atoms with Crippen molar-refractivity contribution in [2.75, 3.05) is 13.6 Å². The van der Waals surface area contributed by atoms with E-state index >= 15 is 0 Å². The van der Waals surface area contributed by atoms with E-state index in [1.54, 1.807) is 0 Å². The van der Waals surface area contributed by atoms with Gasteiger partial charge in [-0.3, -0.25) is 4.79 Å². The highest BCUT2D eigenvalue weighted by Crippen LogP contribution is 2.16. The summed E-state index contributed by atoms with van der Waals surface area (Å²) in [6.45, 7) is 2.80. The summed E-state index contributed by atoms with van der Waals surface area (Å²) in [5, 5.41) is 8.73. The number of carbonyl (C=O) groups is 1. The van der Waals surface area contributed by atoms with Crippen molar-refractivity contribution in [1.82, 2.24) is 4.90 Å². The van der Waals surface area contributed by atoms with Crippen LogP contribution in [0.25, 0.3) is 0 Å². The van der Waals surface area contributed by atoms with Crippen molar-refractivity contribution in [2.24, 2.45) is 0 Å². The Morgan fingerprint density at radius 3 is 2.71 bits per heavy atom. The molecule has 0 spiro atoms. The summed E-state index contributed by atoms with van der Waals surface area (Å²) in [5.41, 5.74) is 1.25. The molecule has 0 fully saturated rings. The normalized spacial score (nSPS) is 12.7. The molecule has 1 unspecified atom stereocenters. The standard InChI is InChI=1S/C13H18BrNO2/c1-10(9-13(16)17)15(2)8-7-11-5-3-4-6-12(11)14/h3-6,10H,7-9H2,1-2H3,(H,16,17). The Morgan fingerprint density at radius 1 is 1.47 bits per heavy atom. The van der Waals surface area contributed by atoms with Gasteiger partial charge in [0.25, 0.3) is 0 Å². The third kappa shape index (κ3) is 4.88. The maximum absolute atomic E-state index is 10.6. The smallest absolute Gasteiger partial charge is 0.304 e. The van der Waals surface area contributed by atoms with Crippen LogP contribution < -0.4 is 0 Å². The zero-order valence-electron chi connectivity index (χ0n) is 10.2. The van der Waals surface area contributed by atoms with E-state index in [4.69, 9.17) is 5.11 Å². The zero-order valence-corrected chi connectivity index (χ0v) is 11.8. The van der Waals surface area contributed by atoms with Crippen LogP contribution in [-0.4, -0.2) is 35.6 Å². The number of rotatable bonds is 6. The minimum Gasteiger partial charge on any atom is -0.481 e. The van der Waals surface area contributed by atoms with E-state index in [0.29, 0.717) is 0 Å². The van der Waals surface area contributed by atoms with Crippen molar-refractivity contribution in [2.45, 2.75) is 25.8 Å². The Hall–Kier alpha value is -0.870. The summed E-state index contributed by atoms with van der Waals surface area (Å²) in [6.07, 6.45) is 1.11. The fourth-order valence-electron chi connectivity index (χ4n) is 1.63. The number of carboxylic acids is 1. The second-order valence-electron chi connectivity index (χ2n) is 4.27. The molecule has 0 aliphatic carbocycles. The minimum atomic E-state index is -0.745. The second-order valence-corrected chi connectivity index (χ2v) is 5.12. The summed E-state index contributed by atoms with van der Waals surface area (Å²) in [7, 11) is 1.96. The van der Waals surface area contributed by atoms with Gasteiger partial charge >= 0.3 is 5.97 Å². The highest BCUT2D eigenvalue weighted by Gasteiger charge is 2.13. The van der Waals surface area contributed by atoms with Gasteiger partial charge in [-0.25, -0.2) is 0 Å². The highest BCUT2D eigenvalue weighted by molar-refractivity contribution is 9.10. The van der Waals surface area contributed by atoms with Gasteiger partial charge < -0.3 is 10.0 Å². The quantitative estimate of drug-likeness (QED) is 0.878. The van der Waals surface area contributed by atoms with Crippen molar-refractivity contribution >= 4 is 21.9 Å². The lowest BCUT2D eigenvalue weighted by molar-refractivity contribution is -0.138. The number of hydrogen-bond donors (Lipinski definition) is 1. The molecule has 0 radical (unpaired) electrons. The van der Waals surface area contributed by atoms with Gasteiger partial charge in [0.2, 0.25) is 0 Å². The molecule has 0 bridgehead atoms. The van der Waals surface area contributed by atoms with Gasteiger partial charge in [-0.05, 0) is 32.0 Å². The lowest BCUT2D eigenvalue weighted by Gasteiger charge is -2.23. The molecule has 94 valence electrons. The molecule has 0 saturated heterocycles. The fraction of sp³-hybridized carbons (Fsp3) is 0.462. The van der Waals surface area contributed by atoms with E-state index in [-0.39, 0.29) is 12.5 Å². The molecule has 0 aliphatic heterocycles. The molecule has 0 heterocycles. The molecule has 1 rings (SSSR count). The predicted molar refractivity (Wildman–Crippen MR) is 72.2 cm³/mol. The van der Waals surface area contributed by atoms with Crippen LogP contribution >= 0.6 is 15.9 Å². The molecule has 3 nitrogen and oxygen atoms in total. The number of nitrogens with zero attached hydrogens (tertiary/aromatic N) is 1. The maximum Gasteiger partial charge on any atom is 0.304 e. The lowest BCUT2D eigenvalue weighted by Crippen LogP contribution is -2.32. The van der Waals surface area contributed by atoms with Crippen molar-refractivity contribution in [3.63, 3.8) is 0 Å². The maximum atomic E-state index is 10.6. The molecular weight excluding hydrogens is 282 g/mol. The van der Waals surface area contributed by atoms with Crippen molar-refractivity contribution in [3.05, 3.63) is 34.3 Å². The summed E-state index contributed by atoms with van der Waals surface area (Å²) >= 11 is 3.51. The van der Waals surface area contributed by atoms with Crippen LogP contribution in [0.1, 0.15) is 18.9 Å². The van der Waals surface area contributed by atoms with E-state index in [0.717, 1.165) is 17.4 Å². The predicted octanol–water partition coefficient (Wildman–Crippen LogP) is 2.79. The first-order chi connectivity index (χ1) is 8.00. The second kappa shape index (κ2) is 6.77. The van der Waals surface area contributed by atoms with Crippen LogP contribution in [0.3, 0.4) is 0 Å². The van der Waals surface area contributed by atoms with Gasteiger partial charge in [-0.15, -0.1) is 0 Å². The molecule has 0 amide bonds. The largest absolute Gasteiger partial charge is 0.481 e. The Balaban J connectivity index is 2.45. The first-order valence-electron chi connectivity index (χ1n) is 5.66. The Morgan fingerprint density at radius 2 is 2.12 bits per heavy atom. The number of aliphatic carboxylic acids is 1. The summed E-state index contributed by atoms with van der Waals surface area (Å²) < 4.78 is 1.11. The molecule has 0 aromatic heterocycles. The molecule has 1 aromatic rings. The summed E-state index contributed by atoms with van der Waals surface area (Å²) in [4.78, 5) is 12.7. The Bertz CT molecular complexity index is 381. The molecule has 1 aromatic carbocycles. The van der Waals surface area contributed by atoms with Gasteiger partial charge in [-0.1, -0.05) is 34.1 Å². The summed E-state index contributed by atoms with van der Waals surface area (Å²) in [5.74, 6) is -0.745. The molecule has 0 aliphatic rings. The van der Waals surface area contributed by atoms with E-state index in [2.05, 4.69) is 26.9 Å². The van der Waals surface area contributed by atoms with Gasteiger partial charge in [0.15, 0.2) is 0 Å². The average Bonchev–Trinajstić information content (AvgIpc) is 2.26. The van der Waals surface area contributed by atoms with Crippen molar-refractivity contribution < 1.29 is 9.90 Å². The monoisotopic (exact) mass is 299 g/mol. The molecular formula is C13H18BrNO2. The van der Waals surface area contributed by atoms with Crippen LogP contribution in [0.4, 0.5) is 0 Å². The van der Waals surface area contributed by atoms with Gasteiger partial charge in [0.05, 0.1) is 6.42 Å². The van der Waals surface area contributed by atoms with Crippen LogP contribution in [0, 0.1) is 0 Å².